The number of rotatable bonds is 4. The minimum atomic E-state index is -0.248. The zero-order valence-corrected chi connectivity index (χ0v) is 13.2. The van der Waals surface area contributed by atoms with Crippen molar-refractivity contribution in [1.29, 1.82) is 0 Å². The molecule has 0 aromatic heterocycles. The van der Waals surface area contributed by atoms with Crippen LogP contribution in [0.3, 0.4) is 0 Å². The van der Waals surface area contributed by atoms with Gasteiger partial charge in [0.15, 0.2) is 0 Å². The summed E-state index contributed by atoms with van der Waals surface area (Å²) >= 11 is 3.40. The number of anilines is 1. The van der Waals surface area contributed by atoms with E-state index in [0.29, 0.717) is 11.4 Å². The first-order valence-corrected chi connectivity index (χ1v) is 7.42. The molecule has 0 unspecified atom stereocenters. The zero-order valence-electron chi connectivity index (χ0n) is 11.6. The fourth-order valence-electron chi connectivity index (χ4n) is 2.18. The standard InChI is InChI=1S/C14H19BrN2O3/c1-9(13-4-3-7-20-13)16-14(18)17-12-8-10(19-2)5-6-11(12)15/h5-6,8-9,13H,3-4,7H2,1-2H3,(H2,16,17,18)/t9-,13-/m1/s1. The summed E-state index contributed by atoms with van der Waals surface area (Å²) in [5.74, 6) is 0.690. The van der Waals surface area contributed by atoms with Gasteiger partial charge in [0.05, 0.1) is 24.9 Å². The molecule has 1 aromatic carbocycles. The van der Waals surface area contributed by atoms with E-state index in [4.69, 9.17) is 9.47 Å². The molecule has 20 heavy (non-hydrogen) atoms. The lowest BCUT2D eigenvalue weighted by Gasteiger charge is -2.20. The van der Waals surface area contributed by atoms with E-state index < -0.39 is 0 Å². The van der Waals surface area contributed by atoms with Gasteiger partial charge in [-0.15, -0.1) is 0 Å². The molecule has 0 saturated carbocycles. The van der Waals surface area contributed by atoms with E-state index in [-0.39, 0.29) is 18.2 Å². The molecule has 2 atom stereocenters. The normalized spacial score (nSPS) is 19.4. The number of nitrogens with one attached hydrogen (secondary N) is 2. The van der Waals surface area contributed by atoms with Crippen LogP contribution in [0.25, 0.3) is 0 Å². The topological polar surface area (TPSA) is 59.6 Å². The van der Waals surface area contributed by atoms with Gasteiger partial charge in [0, 0.05) is 17.1 Å². The second-order valence-electron chi connectivity index (χ2n) is 4.78. The molecule has 2 rings (SSSR count). The molecule has 1 aromatic rings. The molecule has 0 spiro atoms. The Hall–Kier alpha value is -1.27. The smallest absolute Gasteiger partial charge is 0.319 e. The van der Waals surface area contributed by atoms with Gasteiger partial charge in [-0.25, -0.2) is 4.79 Å². The van der Waals surface area contributed by atoms with Crippen LogP contribution >= 0.6 is 15.9 Å². The number of benzene rings is 1. The average Bonchev–Trinajstić information content (AvgIpc) is 2.95. The van der Waals surface area contributed by atoms with Gasteiger partial charge < -0.3 is 20.1 Å². The highest BCUT2D eigenvalue weighted by atomic mass is 79.9. The lowest BCUT2D eigenvalue weighted by Crippen LogP contribution is -2.43. The first kappa shape index (κ1) is 15.1. The molecular formula is C14H19BrN2O3. The fourth-order valence-corrected chi connectivity index (χ4v) is 2.53. The molecule has 1 heterocycles. The largest absolute Gasteiger partial charge is 0.497 e. The maximum atomic E-state index is 12.0. The highest BCUT2D eigenvalue weighted by Gasteiger charge is 2.23. The summed E-state index contributed by atoms with van der Waals surface area (Å²) in [5, 5.41) is 5.71. The highest BCUT2D eigenvalue weighted by Crippen LogP contribution is 2.27. The van der Waals surface area contributed by atoms with Gasteiger partial charge in [0.1, 0.15) is 5.75 Å². The van der Waals surface area contributed by atoms with Crippen molar-refractivity contribution >= 4 is 27.6 Å². The molecule has 5 nitrogen and oxygen atoms in total. The Kier molecular flexibility index (Phi) is 5.25. The van der Waals surface area contributed by atoms with Gasteiger partial charge in [-0.1, -0.05) is 0 Å². The van der Waals surface area contributed by atoms with Crippen molar-refractivity contribution in [3.05, 3.63) is 22.7 Å². The van der Waals surface area contributed by atoms with E-state index in [0.717, 1.165) is 23.9 Å². The Balaban J connectivity index is 1.93. The highest BCUT2D eigenvalue weighted by molar-refractivity contribution is 9.10. The summed E-state index contributed by atoms with van der Waals surface area (Å²) in [6.45, 7) is 2.73. The number of urea groups is 1. The molecule has 6 heteroatoms. The molecule has 110 valence electrons. The van der Waals surface area contributed by atoms with Gasteiger partial charge in [0.2, 0.25) is 0 Å². The first-order valence-electron chi connectivity index (χ1n) is 6.63. The Morgan fingerprint density at radius 3 is 3.00 bits per heavy atom. The molecule has 0 bridgehead atoms. The van der Waals surface area contributed by atoms with E-state index in [1.54, 1.807) is 13.2 Å². The van der Waals surface area contributed by atoms with Crippen LogP contribution in [-0.2, 0) is 4.74 Å². The predicted octanol–water partition coefficient (Wildman–Crippen LogP) is 3.15. The second kappa shape index (κ2) is 6.95. The average molecular weight is 343 g/mol. The van der Waals surface area contributed by atoms with Gasteiger partial charge in [-0.2, -0.15) is 0 Å². The summed E-state index contributed by atoms with van der Waals surface area (Å²) in [6, 6.07) is 5.16. The molecule has 0 aliphatic carbocycles. The number of hydrogen-bond acceptors (Lipinski definition) is 3. The van der Waals surface area contributed by atoms with Crippen LogP contribution in [0.2, 0.25) is 0 Å². The van der Waals surface area contributed by atoms with E-state index >= 15 is 0 Å². The summed E-state index contributed by atoms with van der Waals surface area (Å²) in [6.07, 6.45) is 2.15. The van der Waals surface area contributed by atoms with Crippen molar-refractivity contribution in [3.8, 4) is 5.75 Å². The number of hydrogen-bond donors (Lipinski definition) is 2. The number of amides is 2. The van der Waals surface area contributed by atoms with Crippen molar-refractivity contribution in [1.82, 2.24) is 5.32 Å². The molecule has 0 radical (unpaired) electrons. The minimum Gasteiger partial charge on any atom is -0.497 e. The van der Waals surface area contributed by atoms with Crippen molar-refractivity contribution < 1.29 is 14.3 Å². The fraction of sp³-hybridized carbons (Fsp3) is 0.500. The van der Waals surface area contributed by atoms with Crippen molar-refractivity contribution in [2.75, 3.05) is 19.0 Å². The van der Waals surface area contributed by atoms with Crippen LogP contribution in [-0.4, -0.2) is 31.9 Å². The first-order chi connectivity index (χ1) is 9.60. The molecule has 1 aliphatic rings. The SMILES string of the molecule is COc1ccc(Br)c(NC(=O)N[C@H](C)[C@H]2CCCO2)c1. The third-order valence-corrected chi connectivity index (χ3v) is 3.99. The third kappa shape index (κ3) is 3.86. The Bertz CT molecular complexity index is 475. The lowest BCUT2D eigenvalue weighted by molar-refractivity contribution is 0.0868. The number of carbonyl (C=O) groups is 1. The van der Waals surface area contributed by atoms with E-state index in [9.17, 15) is 4.79 Å². The molecule has 1 saturated heterocycles. The van der Waals surface area contributed by atoms with Crippen molar-refractivity contribution in [2.45, 2.75) is 31.9 Å². The van der Waals surface area contributed by atoms with Crippen LogP contribution in [0, 0.1) is 0 Å². The quantitative estimate of drug-likeness (QED) is 0.883. The third-order valence-electron chi connectivity index (χ3n) is 3.30. The van der Waals surface area contributed by atoms with Crippen LogP contribution in [0.1, 0.15) is 19.8 Å². The summed E-state index contributed by atoms with van der Waals surface area (Å²) in [4.78, 5) is 12.0. The van der Waals surface area contributed by atoms with Crippen LogP contribution in [0.4, 0.5) is 10.5 Å². The lowest BCUT2D eigenvalue weighted by atomic mass is 10.1. The van der Waals surface area contributed by atoms with Gasteiger partial charge in [-0.05, 0) is 47.8 Å². The summed E-state index contributed by atoms with van der Waals surface area (Å²) < 4.78 is 11.5. The molecule has 2 amide bonds. The summed E-state index contributed by atoms with van der Waals surface area (Å²) in [7, 11) is 1.59. The van der Waals surface area contributed by atoms with E-state index in [1.165, 1.54) is 0 Å². The number of ether oxygens (including phenoxy) is 2. The molecule has 2 N–H and O–H groups in total. The van der Waals surface area contributed by atoms with Crippen LogP contribution in [0.15, 0.2) is 22.7 Å². The minimum absolute atomic E-state index is 0.0121. The predicted molar refractivity (Wildman–Crippen MR) is 81.3 cm³/mol. The van der Waals surface area contributed by atoms with Crippen LogP contribution < -0.4 is 15.4 Å². The number of methoxy groups -OCH3 is 1. The monoisotopic (exact) mass is 342 g/mol. The van der Waals surface area contributed by atoms with E-state index in [1.807, 2.05) is 19.1 Å². The maximum Gasteiger partial charge on any atom is 0.319 e. The molecular weight excluding hydrogens is 324 g/mol. The van der Waals surface area contributed by atoms with Gasteiger partial charge in [0.25, 0.3) is 0 Å². The maximum absolute atomic E-state index is 12.0. The molecule has 1 aliphatic heterocycles. The van der Waals surface area contributed by atoms with E-state index in [2.05, 4.69) is 26.6 Å². The number of halogens is 1. The second-order valence-corrected chi connectivity index (χ2v) is 5.64. The van der Waals surface area contributed by atoms with Crippen molar-refractivity contribution in [2.24, 2.45) is 0 Å². The van der Waals surface area contributed by atoms with Gasteiger partial charge in [-0.3, -0.25) is 0 Å². The Morgan fingerprint density at radius 1 is 1.55 bits per heavy atom. The Morgan fingerprint density at radius 2 is 2.35 bits per heavy atom. The van der Waals surface area contributed by atoms with Gasteiger partial charge >= 0.3 is 6.03 Å². The van der Waals surface area contributed by atoms with Crippen LogP contribution in [0.5, 0.6) is 5.75 Å². The Labute approximate surface area is 127 Å². The number of carbonyl (C=O) groups excluding carboxylic acids is 1. The van der Waals surface area contributed by atoms with Crippen molar-refractivity contribution in [3.63, 3.8) is 0 Å². The molecule has 1 fully saturated rings. The summed E-state index contributed by atoms with van der Waals surface area (Å²) in [5.41, 5.74) is 0.668. The zero-order chi connectivity index (χ0) is 14.5.